The van der Waals surface area contributed by atoms with Gasteiger partial charge in [0.2, 0.25) is 11.8 Å². The van der Waals surface area contributed by atoms with Crippen molar-refractivity contribution in [1.29, 1.82) is 0 Å². The van der Waals surface area contributed by atoms with E-state index < -0.39 is 0 Å². The molecule has 0 spiro atoms. The first-order valence-electron chi connectivity index (χ1n) is 11.6. The number of amides is 2. The van der Waals surface area contributed by atoms with Crippen LogP contribution in [0.5, 0.6) is 0 Å². The summed E-state index contributed by atoms with van der Waals surface area (Å²) in [5.74, 6) is -0.342. The Hall–Kier alpha value is -3.55. The van der Waals surface area contributed by atoms with Crippen molar-refractivity contribution in [3.05, 3.63) is 102 Å². The van der Waals surface area contributed by atoms with Gasteiger partial charge in [0.25, 0.3) is 0 Å². The molecule has 1 N–H and O–H groups in total. The second kappa shape index (κ2) is 12.1. The third-order valence-corrected chi connectivity index (χ3v) is 5.93. The van der Waals surface area contributed by atoms with Gasteiger partial charge in [-0.3, -0.25) is 19.5 Å². The molecule has 2 aromatic carbocycles. The van der Waals surface area contributed by atoms with Crippen LogP contribution in [-0.2, 0) is 20.9 Å². The number of carbonyl (C=O) groups excluding carboxylic acids is 2. The number of hydrogen-bond acceptors (Lipinski definition) is 5. The Balaban J connectivity index is 1.24. The van der Waals surface area contributed by atoms with Gasteiger partial charge < -0.3 is 15.0 Å². The van der Waals surface area contributed by atoms with Crippen LogP contribution in [0.2, 0.25) is 0 Å². The smallest absolute Gasteiger partial charge is 0.248 e. The molecule has 0 bridgehead atoms. The summed E-state index contributed by atoms with van der Waals surface area (Å²) in [7, 11) is 0. The summed E-state index contributed by atoms with van der Waals surface area (Å²) in [6.45, 7) is 2.95. The summed E-state index contributed by atoms with van der Waals surface area (Å²) in [4.78, 5) is 32.8. The number of ether oxygens (including phenoxy) is 1. The number of hydrogen-bond donors (Lipinski definition) is 1. The van der Waals surface area contributed by atoms with E-state index in [1.807, 2.05) is 29.2 Å². The Morgan fingerprint density at radius 3 is 2.09 bits per heavy atom. The third-order valence-electron chi connectivity index (χ3n) is 5.93. The number of nitrogens with zero attached hydrogens (tertiary/aromatic N) is 3. The van der Waals surface area contributed by atoms with Crippen LogP contribution < -0.4 is 5.32 Å². The average molecular weight is 459 g/mol. The molecule has 1 saturated heterocycles. The molecule has 0 atom stereocenters. The molecule has 1 fully saturated rings. The van der Waals surface area contributed by atoms with E-state index in [4.69, 9.17) is 4.74 Å². The predicted octanol–water partition coefficient (Wildman–Crippen LogP) is 2.65. The Morgan fingerprint density at radius 1 is 0.853 bits per heavy atom. The lowest BCUT2D eigenvalue weighted by molar-refractivity contribution is -0.140. The van der Waals surface area contributed by atoms with Crippen LogP contribution in [0.3, 0.4) is 0 Å². The number of piperazine rings is 1. The highest BCUT2D eigenvalue weighted by molar-refractivity contribution is 5.79. The molecule has 1 aromatic heterocycles. The molecule has 0 saturated carbocycles. The summed E-state index contributed by atoms with van der Waals surface area (Å²) in [6, 6.07) is 24.8. The van der Waals surface area contributed by atoms with Crippen LogP contribution in [0.1, 0.15) is 22.7 Å². The molecule has 0 unspecified atom stereocenters. The summed E-state index contributed by atoms with van der Waals surface area (Å²) in [5, 5.41) is 2.77. The minimum Gasteiger partial charge on any atom is -0.362 e. The first-order valence-corrected chi connectivity index (χ1v) is 11.6. The van der Waals surface area contributed by atoms with Crippen LogP contribution in [0, 0.1) is 0 Å². The number of nitrogens with one attached hydrogen (secondary N) is 1. The van der Waals surface area contributed by atoms with Gasteiger partial charge in [-0.25, -0.2) is 0 Å². The van der Waals surface area contributed by atoms with Crippen molar-refractivity contribution < 1.29 is 14.3 Å². The fraction of sp³-hybridized carbons (Fsp3) is 0.296. The van der Waals surface area contributed by atoms with Gasteiger partial charge in [-0.15, -0.1) is 0 Å². The zero-order valence-corrected chi connectivity index (χ0v) is 19.2. The Bertz CT molecular complexity index is 1000. The topological polar surface area (TPSA) is 74.8 Å². The zero-order chi connectivity index (χ0) is 23.6. The Labute approximate surface area is 200 Å². The third kappa shape index (κ3) is 6.50. The van der Waals surface area contributed by atoms with Crippen LogP contribution in [0.25, 0.3) is 0 Å². The number of carbonyl (C=O) groups is 2. The minimum atomic E-state index is -0.255. The van der Waals surface area contributed by atoms with Gasteiger partial charge in [0, 0.05) is 45.1 Å². The Morgan fingerprint density at radius 2 is 1.50 bits per heavy atom. The lowest BCUT2D eigenvalue weighted by Gasteiger charge is -2.39. The van der Waals surface area contributed by atoms with E-state index in [9.17, 15) is 9.59 Å². The highest BCUT2D eigenvalue weighted by atomic mass is 16.5. The second-order valence-corrected chi connectivity index (χ2v) is 8.27. The molecule has 4 rings (SSSR count). The van der Waals surface area contributed by atoms with Crippen LogP contribution in [0.15, 0.2) is 85.2 Å². The van der Waals surface area contributed by atoms with Gasteiger partial charge in [0.15, 0.2) is 0 Å². The number of pyridine rings is 1. The fourth-order valence-electron chi connectivity index (χ4n) is 4.19. The summed E-state index contributed by atoms with van der Waals surface area (Å²) < 4.78 is 5.38. The van der Waals surface area contributed by atoms with Crippen molar-refractivity contribution in [2.45, 2.75) is 12.6 Å². The average Bonchev–Trinajstić information content (AvgIpc) is 2.90. The number of benzene rings is 2. The molecule has 7 heteroatoms. The molecule has 0 radical (unpaired) electrons. The van der Waals surface area contributed by atoms with Gasteiger partial charge >= 0.3 is 0 Å². The van der Waals surface area contributed by atoms with Crippen molar-refractivity contribution in [3.63, 3.8) is 0 Å². The normalized spacial score (nSPS) is 14.2. The summed E-state index contributed by atoms with van der Waals surface area (Å²) in [6.07, 6.45) is 3.38. The highest BCUT2D eigenvalue weighted by Gasteiger charge is 2.28. The minimum absolute atomic E-state index is 0.0873. The van der Waals surface area contributed by atoms with E-state index in [2.05, 4.69) is 63.7 Å². The molecule has 3 aromatic rings. The second-order valence-electron chi connectivity index (χ2n) is 8.27. The zero-order valence-electron chi connectivity index (χ0n) is 19.2. The monoisotopic (exact) mass is 458 g/mol. The van der Waals surface area contributed by atoms with Gasteiger partial charge in [-0.2, -0.15) is 0 Å². The molecule has 34 heavy (non-hydrogen) atoms. The van der Waals surface area contributed by atoms with E-state index in [0.717, 1.165) is 18.7 Å². The first kappa shape index (κ1) is 23.6. The van der Waals surface area contributed by atoms with E-state index in [-0.39, 0.29) is 31.1 Å². The van der Waals surface area contributed by atoms with E-state index in [1.54, 1.807) is 12.4 Å². The number of rotatable bonds is 9. The van der Waals surface area contributed by atoms with E-state index in [1.165, 1.54) is 11.1 Å². The SMILES string of the molecule is O=C(COCC(=O)N1CCN(C(c2ccccc2)c2ccccc2)CC1)NCc1cccnc1. The molecule has 176 valence electrons. The molecule has 7 nitrogen and oxygen atoms in total. The number of aromatic nitrogens is 1. The molecular weight excluding hydrogens is 428 g/mol. The predicted molar refractivity (Wildman–Crippen MR) is 130 cm³/mol. The standard InChI is InChI=1S/C27H30N4O3/c32-25(29-19-22-8-7-13-28-18-22)20-34-21-26(33)30-14-16-31(17-15-30)27(23-9-3-1-4-10-23)24-11-5-2-6-12-24/h1-13,18,27H,14-17,19-21H2,(H,29,32). The lowest BCUT2D eigenvalue weighted by atomic mass is 9.96. The molecule has 2 amide bonds. The van der Waals surface area contributed by atoms with Gasteiger partial charge in [0.1, 0.15) is 13.2 Å². The van der Waals surface area contributed by atoms with Crippen molar-refractivity contribution >= 4 is 11.8 Å². The molecule has 1 aliphatic heterocycles. The lowest BCUT2D eigenvalue weighted by Crippen LogP contribution is -2.50. The largest absolute Gasteiger partial charge is 0.362 e. The maximum atomic E-state index is 12.6. The van der Waals surface area contributed by atoms with Gasteiger partial charge in [0.05, 0.1) is 6.04 Å². The van der Waals surface area contributed by atoms with Gasteiger partial charge in [-0.05, 0) is 22.8 Å². The first-order chi connectivity index (χ1) is 16.7. The molecular formula is C27H30N4O3. The van der Waals surface area contributed by atoms with Crippen molar-refractivity contribution in [3.8, 4) is 0 Å². The van der Waals surface area contributed by atoms with Crippen molar-refractivity contribution in [1.82, 2.24) is 20.1 Å². The maximum Gasteiger partial charge on any atom is 0.248 e. The van der Waals surface area contributed by atoms with Crippen LogP contribution in [-0.4, -0.2) is 66.0 Å². The fourth-order valence-corrected chi connectivity index (χ4v) is 4.19. The maximum absolute atomic E-state index is 12.6. The molecule has 1 aliphatic rings. The van der Waals surface area contributed by atoms with Crippen LogP contribution in [0.4, 0.5) is 0 Å². The highest BCUT2D eigenvalue weighted by Crippen LogP contribution is 2.29. The summed E-state index contributed by atoms with van der Waals surface area (Å²) in [5.41, 5.74) is 3.40. The van der Waals surface area contributed by atoms with E-state index in [0.29, 0.717) is 19.6 Å². The van der Waals surface area contributed by atoms with Crippen LogP contribution >= 0.6 is 0 Å². The van der Waals surface area contributed by atoms with Crippen molar-refractivity contribution in [2.24, 2.45) is 0 Å². The van der Waals surface area contributed by atoms with E-state index >= 15 is 0 Å². The van der Waals surface area contributed by atoms with Gasteiger partial charge in [-0.1, -0.05) is 66.7 Å². The molecule has 2 heterocycles. The molecule has 0 aliphatic carbocycles. The van der Waals surface area contributed by atoms with Crippen molar-refractivity contribution in [2.75, 3.05) is 39.4 Å². The quantitative estimate of drug-likeness (QED) is 0.534. The Kier molecular flexibility index (Phi) is 8.38. The summed E-state index contributed by atoms with van der Waals surface area (Å²) >= 11 is 0.